The van der Waals surface area contributed by atoms with Gasteiger partial charge in [-0.1, -0.05) is 77.9 Å². The molecule has 1 aliphatic rings. The maximum atomic E-state index is 13.4. The number of amides is 1. The maximum absolute atomic E-state index is 13.4. The zero-order valence-electron chi connectivity index (χ0n) is 20.4. The summed E-state index contributed by atoms with van der Waals surface area (Å²) in [6.45, 7) is 5.65. The third-order valence-electron chi connectivity index (χ3n) is 6.35. The molecule has 3 aromatic carbocycles. The number of hydrogen-bond donors (Lipinski definition) is 1. The van der Waals surface area contributed by atoms with E-state index in [1.807, 2.05) is 75.4 Å². The number of nitrogens with zero attached hydrogens (tertiary/aromatic N) is 3. The summed E-state index contributed by atoms with van der Waals surface area (Å²) in [4.78, 5) is 26.8. The van der Waals surface area contributed by atoms with Gasteiger partial charge in [0.05, 0.1) is 22.4 Å². The van der Waals surface area contributed by atoms with Gasteiger partial charge in [-0.15, -0.1) is 11.8 Å². The van der Waals surface area contributed by atoms with Crippen molar-refractivity contribution < 1.29 is 14.7 Å². The summed E-state index contributed by atoms with van der Waals surface area (Å²) in [5.41, 5.74) is 7.62. The first-order valence-corrected chi connectivity index (χ1v) is 12.8. The van der Waals surface area contributed by atoms with Crippen LogP contribution in [0, 0.1) is 20.8 Å². The summed E-state index contributed by atoms with van der Waals surface area (Å²) >= 11 is 1.51. The Morgan fingerprint density at radius 2 is 1.75 bits per heavy atom. The molecule has 36 heavy (non-hydrogen) atoms. The van der Waals surface area contributed by atoms with E-state index in [4.69, 9.17) is 5.10 Å². The highest BCUT2D eigenvalue weighted by Crippen LogP contribution is 2.48. The molecular formula is C29H27N3O3S. The van der Waals surface area contributed by atoms with Gasteiger partial charge >= 0.3 is 5.97 Å². The number of aromatic nitrogens is 2. The zero-order valence-corrected chi connectivity index (χ0v) is 21.2. The summed E-state index contributed by atoms with van der Waals surface area (Å²) < 4.78 is 1.77. The fourth-order valence-electron chi connectivity index (χ4n) is 4.77. The molecule has 4 aromatic rings. The Hall–Kier alpha value is -3.84. The molecule has 1 N–H and O–H groups in total. The van der Waals surface area contributed by atoms with Crippen LogP contribution >= 0.6 is 11.8 Å². The number of hydrogen-bond acceptors (Lipinski definition) is 4. The minimum atomic E-state index is -1.07. The number of rotatable bonds is 5. The summed E-state index contributed by atoms with van der Waals surface area (Å²) in [7, 11) is 0. The number of carbonyl (C=O) groups excluding carboxylic acids is 1. The average molecular weight is 498 g/mol. The molecule has 5 rings (SSSR count). The van der Waals surface area contributed by atoms with Gasteiger partial charge in [0.15, 0.2) is 0 Å². The lowest BCUT2D eigenvalue weighted by Crippen LogP contribution is -2.38. The van der Waals surface area contributed by atoms with Crippen molar-refractivity contribution in [3.05, 3.63) is 101 Å². The van der Waals surface area contributed by atoms with Gasteiger partial charge in [0.2, 0.25) is 5.91 Å². The Kier molecular flexibility index (Phi) is 6.41. The van der Waals surface area contributed by atoms with Crippen LogP contribution in [0.4, 0.5) is 5.82 Å². The Bertz CT molecular complexity index is 1460. The fraction of sp³-hybridized carbons (Fsp3) is 0.207. The van der Waals surface area contributed by atoms with Crippen molar-refractivity contribution >= 4 is 29.5 Å². The first kappa shape index (κ1) is 23.9. The predicted octanol–water partition coefficient (Wildman–Crippen LogP) is 5.72. The highest BCUT2D eigenvalue weighted by Gasteiger charge is 2.37. The van der Waals surface area contributed by atoms with Crippen molar-refractivity contribution in [2.45, 2.75) is 26.0 Å². The molecule has 1 atom stereocenters. The third kappa shape index (κ3) is 4.42. The smallest absolute Gasteiger partial charge is 0.323 e. The van der Waals surface area contributed by atoms with E-state index in [2.05, 4.69) is 18.2 Å². The van der Waals surface area contributed by atoms with Gasteiger partial charge < -0.3 is 5.11 Å². The minimum absolute atomic E-state index is 0.168. The summed E-state index contributed by atoms with van der Waals surface area (Å²) in [6.07, 6.45) is 0. The zero-order chi connectivity index (χ0) is 25.4. The van der Waals surface area contributed by atoms with Crippen LogP contribution < -0.4 is 4.90 Å². The van der Waals surface area contributed by atoms with Crippen LogP contribution in [-0.2, 0) is 9.59 Å². The normalized spacial score (nSPS) is 15.5. The quantitative estimate of drug-likeness (QED) is 0.382. The molecule has 6 nitrogen and oxygen atoms in total. The first-order chi connectivity index (χ1) is 17.3. The molecule has 0 fully saturated rings. The molecule has 2 heterocycles. The molecule has 0 radical (unpaired) electrons. The lowest BCUT2D eigenvalue weighted by Gasteiger charge is -2.22. The molecule has 0 bridgehead atoms. The molecule has 1 aliphatic heterocycles. The van der Waals surface area contributed by atoms with Crippen molar-refractivity contribution in [2.75, 3.05) is 17.2 Å². The second kappa shape index (κ2) is 9.66. The van der Waals surface area contributed by atoms with Crippen molar-refractivity contribution in [3.8, 4) is 16.9 Å². The third-order valence-corrected chi connectivity index (χ3v) is 7.61. The van der Waals surface area contributed by atoms with Gasteiger partial charge in [-0.05, 0) is 38.0 Å². The lowest BCUT2D eigenvalue weighted by atomic mass is 9.98. The van der Waals surface area contributed by atoms with E-state index in [0.29, 0.717) is 5.82 Å². The van der Waals surface area contributed by atoms with E-state index < -0.39 is 12.5 Å². The molecular weight excluding hydrogens is 470 g/mol. The number of carboxylic acids is 1. The number of benzene rings is 3. The van der Waals surface area contributed by atoms with E-state index in [1.165, 1.54) is 16.7 Å². The van der Waals surface area contributed by atoms with E-state index in [1.54, 1.807) is 4.68 Å². The van der Waals surface area contributed by atoms with Gasteiger partial charge in [0.1, 0.15) is 12.4 Å². The van der Waals surface area contributed by atoms with Crippen LogP contribution in [0.3, 0.4) is 0 Å². The van der Waals surface area contributed by atoms with E-state index in [9.17, 15) is 14.7 Å². The molecule has 0 spiro atoms. The lowest BCUT2D eigenvalue weighted by molar-refractivity contribution is -0.136. The van der Waals surface area contributed by atoms with E-state index >= 15 is 0 Å². The van der Waals surface area contributed by atoms with Crippen LogP contribution in [-0.4, -0.2) is 39.1 Å². The standard InChI is InChI=1S/C29H27N3O3S/c1-18-8-7-11-22(15-18)28-26-27(21-9-5-4-6-10-21)30-32(23-13-12-19(2)14-20(23)3)29(26)31(16-25(34)35)24(33)17-36-28/h4-15,28H,16-17H2,1-3H3,(H,34,35). The van der Waals surface area contributed by atoms with Crippen LogP contribution in [0.15, 0.2) is 72.8 Å². The fourth-order valence-corrected chi connectivity index (χ4v) is 5.96. The molecule has 0 aliphatic carbocycles. The highest BCUT2D eigenvalue weighted by atomic mass is 32.2. The molecule has 0 saturated heterocycles. The minimum Gasteiger partial charge on any atom is -0.480 e. The molecule has 0 saturated carbocycles. The second-order valence-electron chi connectivity index (χ2n) is 9.13. The number of carboxylic acid groups (broad SMARTS) is 1. The number of anilines is 1. The van der Waals surface area contributed by atoms with Crippen LogP contribution in [0.2, 0.25) is 0 Å². The number of aliphatic carboxylic acids is 1. The highest BCUT2D eigenvalue weighted by molar-refractivity contribution is 8.00. The topological polar surface area (TPSA) is 75.4 Å². The van der Waals surface area contributed by atoms with Gasteiger partial charge in [0, 0.05) is 11.1 Å². The molecule has 7 heteroatoms. The summed E-state index contributed by atoms with van der Waals surface area (Å²) in [6, 6.07) is 24.2. The molecule has 1 amide bonds. The largest absolute Gasteiger partial charge is 0.480 e. The first-order valence-electron chi connectivity index (χ1n) is 11.8. The van der Waals surface area contributed by atoms with Crippen molar-refractivity contribution in [3.63, 3.8) is 0 Å². The second-order valence-corrected chi connectivity index (χ2v) is 10.2. The van der Waals surface area contributed by atoms with Crippen LogP contribution in [0.1, 0.15) is 33.1 Å². The van der Waals surface area contributed by atoms with Crippen molar-refractivity contribution in [1.82, 2.24) is 9.78 Å². The van der Waals surface area contributed by atoms with Crippen molar-refractivity contribution in [2.24, 2.45) is 0 Å². The van der Waals surface area contributed by atoms with Crippen LogP contribution in [0.5, 0.6) is 0 Å². The van der Waals surface area contributed by atoms with E-state index in [0.717, 1.165) is 44.8 Å². The number of thioether (sulfide) groups is 1. The number of carbonyl (C=O) groups is 2. The van der Waals surface area contributed by atoms with Crippen molar-refractivity contribution in [1.29, 1.82) is 0 Å². The summed E-state index contributed by atoms with van der Waals surface area (Å²) in [5, 5.41) is 14.6. The Morgan fingerprint density at radius 1 is 1.00 bits per heavy atom. The average Bonchev–Trinajstić information content (AvgIpc) is 3.16. The maximum Gasteiger partial charge on any atom is 0.323 e. The molecule has 1 aromatic heterocycles. The molecule has 182 valence electrons. The van der Waals surface area contributed by atoms with Gasteiger partial charge in [-0.3, -0.25) is 14.5 Å². The Morgan fingerprint density at radius 3 is 2.44 bits per heavy atom. The predicted molar refractivity (Wildman–Crippen MR) is 144 cm³/mol. The molecule has 1 unspecified atom stereocenters. The van der Waals surface area contributed by atoms with Crippen LogP contribution in [0.25, 0.3) is 16.9 Å². The summed E-state index contributed by atoms with van der Waals surface area (Å²) in [5.74, 6) is -0.626. The SMILES string of the molecule is Cc1cccc(C2SCC(=O)N(CC(=O)O)c3c2c(-c2ccccc2)nn3-c2ccc(C)cc2C)c1. The number of fused-ring (bicyclic) bond motifs is 1. The van der Waals surface area contributed by atoms with Gasteiger partial charge in [-0.25, -0.2) is 4.68 Å². The van der Waals surface area contributed by atoms with E-state index in [-0.39, 0.29) is 16.9 Å². The Labute approximate surface area is 214 Å². The number of aryl methyl sites for hydroxylation is 3. The van der Waals surface area contributed by atoms with Gasteiger partial charge in [-0.2, -0.15) is 5.10 Å². The monoisotopic (exact) mass is 497 g/mol. The van der Waals surface area contributed by atoms with Gasteiger partial charge in [0.25, 0.3) is 0 Å². The Balaban J connectivity index is 1.87.